The van der Waals surface area contributed by atoms with Gasteiger partial charge in [0, 0.05) is 34.5 Å². The van der Waals surface area contributed by atoms with Gasteiger partial charge in [-0.2, -0.15) is 10.4 Å². The molecule has 1 saturated carbocycles. The van der Waals surface area contributed by atoms with Crippen LogP contribution in [0.4, 0.5) is 0 Å². The molecule has 0 bridgehead atoms. The molecule has 1 fully saturated rings. The molecule has 0 N–H and O–H groups in total. The Labute approximate surface area is 238 Å². The number of hydrogen-bond acceptors (Lipinski definition) is 6. The minimum atomic E-state index is -0.506. The van der Waals surface area contributed by atoms with Crippen molar-refractivity contribution in [3.05, 3.63) is 102 Å². The van der Waals surface area contributed by atoms with Gasteiger partial charge in [-0.05, 0) is 43.4 Å². The largest absolute Gasteiger partial charge is 0.289 e. The molecule has 2 atom stereocenters. The number of aromatic nitrogens is 5. The van der Waals surface area contributed by atoms with Gasteiger partial charge in [0.1, 0.15) is 6.33 Å². The Balaban J connectivity index is 1.28. The van der Waals surface area contributed by atoms with Crippen LogP contribution in [0.1, 0.15) is 77.3 Å². The monoisotopic (exact) mass is 542 g/mol. The lowest BCUT2D eigenvalue weighted by Crippen LogP contribution is -2.18. The normalized spacial score (nSPS) is 15.0. The van der Waals surface area contributed by atoms with E-state index in [2.05, 4.69) is 21.1 Å². The van der Waals surface area contributed by atoms with Crippen LogP contribution in [0.2, 0.25) is 0 Å². The summed E-state index contributed by atoms with van der Waals surface area (Å²) in [5, 5.41) is 14.8. The standard InChI is InChI=1S/C33H30N6O2/c1-22(25-12-7-13-26(18-25)31(40)24-10-3-2-4-11-24)33(41)38-17-15-28-30(35-21-36-32(28)38)27-19-37-39(20-27)29(14-16-34)23-8-5-6-9-23/h2-4,7,10-13,15,17-23,29H,5-6,8-9,14H2,1H3/t22?,29-/m1/s1. The zero-order chi connectivity index (χ0) is 28.3. The first-order chi connectivity index (χ1) is 20.0. The molecular formula is C33H30N6O2. The SMILES string of the molecule is CC(C(=O)n1ccc2c(-c3cnn([C@H](CC#N)C4CCCC4)c3)ncnc21)c1cccc(C(=O)c2ccccc2)c1. The van der Waals surface area contributed by atoms with Crippen LogP contribution in [0.25, 0.3) is 22.3 Å². The van der Waals surface area contributed by atoms with Gasteiger partial charge in [-0.25, -0.2) is 9.97 Å². The van der Waals surface area contributed by atoms with E-state index in [0.29, 0.717) is 34.8 Å². The van der Waals surface area contributed by atoms with Crippen LogP contribution in [-0.2, 0) is 0 Å². The fourth-order valence-electron chi connectivity index (χ4n) is 5.97. The van der Waals surface area contributed by atoms with Gasteiger partial charge in [-0.1, -0.05) is 61.4 Å². The summed E-state index contributed by atoms with van der Waals surface area (Å²) in [5.74, 6) is -0.288. The van der Waals surface area contributed by atoms with E-state index in [1.54, 1.807) is 41.2 Å². The Bertz CT molecular complexity index is 1760. The molecular weight excluding hydrogens is 512 g/mol. The van der Waals surface area contributed by atoms with E-state index in [4.69, 9.17) is 0 Å². The molecule has 8 nitrogen and oxygen atoms in total. The molecule has 0 saturated heterocycles. The molecule has 1 unspecified atom stereocenters. The second-order valence-corrected chi connectivity index (χ2v) is 10.7. The first-order valence-electron chi connectivity index (χ1n) is 14.0. The maximum Gasteiger partial charge on any atom is 0.239 e. The van der Waals surface area contributed by atoms with Crippen LogP contribution in [0, 0.1) is 17.2 Å². The number of nitrogens with zero attached hydrogens (tertiary/aromatic N) is 6. The zero-order valence-corrected chi connectivity index (χ0v) is 22.9. The topological polar surface area (TPSA) is 106 Å². The van der Waals surface area contributed by atoms with E-state index in [-0.39, 0.29) is 17.7 Å². The third-order valence-corrected chi connectivity index (χ3v) is 8.23. The Kier molecular flexibility index (Phi) is 7.26. The summed E-state index contributed by atoms with van der Waals surface area (Å²) in [5.41, 5.74) is 3.93. The summed E-state index contributed by atoms with van der Waals surface area (Å²) in [6, 6.07) is 20.6. The molecule has 6 rings (SSSR count). The highest BCUT2D eigenvalue weighted by molar-refractivity contribution is 6.09. The molecule has 0 radical (unpaired) electrons. The van der Waals surface area contributed by atoms with E-state index in [9.17, 15) is 14.9 Å². The second-order valence-electron chi connectivity index (χ2n) is 10.7. The summed E-state index contributed by atoms with van der Waals surface area (Å²) < 4.78 is 3.47. The first kappa shape index (κ1) is 26.3. The van der Waals surface area contributed by atoms with Gasteiger partial charge in [0.25, 0.3) is 0 Å². The Morgan fingerprint density at radius 1 is 1.02 bits per heavy atom. The molecule has 3 aromatic heterocycles. The predicted molar refractivity (Wildman–Crippen MR) is 155 cm³/mol. The third-order valence-electron chi connectivity index (χ3n) is 8.23. The maximum absolute atomic E-state index is 13.7. The molecule has 0 amide bonds. The number of carbonyl (C=O) groups excluding carboxylic acids is 2. The molecule has 0 spiro atoms. The molecule has 8 heteroatoms. The minimum absolute atomic E-state index is 0.0464. The number of rotatable bonds is 8. The second kappa shape index (κ2) is 11.3. The highest BCUT2D eigenvalue weighted by Gasteiger charge is 2.28. The van der Waals surface area contributed by atoms with Crippen LogP contribution in [-0.4, -0.2) is 36.0 Å². The van der Waals surface area contributed by atoms with Crippen molar-refractivity contribution in [3.63, 3.8) is 0 Å². The predicted octanol–water partition coefficient (Wildman–Crippen LogP) is 6.61. The number of nitriles is 1. The van der Waals surface area contributed by atoms with Crippen molar-refractivity contribution in [3.8, 4) is 17.3 Å². The number of benzene rings is 2. The van der Waals surface area contributed by atoms with E-state index >= 15 is 0 Å². The van der Waals surface area contributed by atoms with E-state index < -0.39 is 5.92 Å². The van der Waals surface area contributed by atoms with Gasteiger partial charge in [-0.3, -0.25) is 18.8 Å². The van der Waals surface area contributed by atoms with Crippen LogP contribution in [0.15, 0.2) is 85.6 Å². The lowest BCUT2D eigenvalue weighted by molar-refractivity contribution is 0.0888. The third kappa shape index (κ3) is 5.07. The fourth-order valence-corrected chi connectivity index (χ4v) is 5.97. The Morgan fingerprint density at radius 2 is 1.80 bits per heavy atom. The van der Waals surface area contributed by atoms with Crippen LogP contribution >= 0.6 is 0 Å². The Morgan fingerprint density at radius 3 is 2.59 bits per heavy atom. The number of ketones is 1. The summed E-state index contributed by atoms with van der Waals surface area (Å²) in [7, 11) is 0. The smallest absolute Gasteiger partial charge is 0.239 e. The molecule has 2 aromatic carbocycles. The van der Waals surface area contributed by atoms with E-state index in [1.807, 2.05) is 54.2 Å². The lowest BCUT2D eigenvalue weighted by Gasteiger charge is -2.21. The molecule has 5 aromatic rings. The average Bonchev–Trinajstić information content (AvgIpc) is 3.81. The summed E-state index contributed by atoms with van der Waals surface area (Å²) in [6.45, 7) is 1.84. The van der Waals surface area contributed by atoms with Gasteiger partial charge in [0.05, 0.1) is 36.3 Å². The van der Waals surface area contributed by atoms with Crippen molar-refractivity contribution in [1.82, 2.24) is 24.3 Å². The van der Waals surface area contributed by atoms with Crippen molar-refractivity contribution in [1.29, 1.82) is 5.26 Å². The average molecular weight is 543 g/mol. The summed E-state index contributed by atoms with van der Waals surface area (Å²) >= 11 is 0. The van der Waals surface area contributed by atoms with E-state index in [1.165, 1.54) is 19.2 Å². The van der Waals surface area contributed by atoms with Gasteiger partial charge >= 0.3 is 0 Å². The van der Waals surface area contributed by atoms with Gasteiger partial charge < -0.3 is 0 Å². The van der Waals surface area contributed by atoms with Gasteiger partial charge in [0.2, 0.25) is 5.91 Å². The highest BCUT2D eigenvalue weighted by Crippen LogP contribution is 2.37. The van der Waals surface area contributed by atoms with E-state index in [0.717, 1.165) is 29.4 Å². The van der Waals surface area contributed by atoms with Gasteiger partial charge in [-0.15, -0.1) is 0 Å². The number of carbonyl (C=O) groups is 2. The molecule has 1 aliphatic rings. The minimum Gasteiger partial charge on any atom is -0.289 e. The molecule has 3 heterocycles. The number of hydrogen-bond donors (Lipinski definition) is 0. The fraction of sp³-hybridized carbons (Fsp3) is 0.273. The molecule has 204 valence electrons. The summed E-state index contributed by atoms with van der Waals surface area (Å²) in [6.07, 6.45) is 12.0. The highest BCUT2D eigenvalue weighted by atomic mass is 16.2. The van der Waals surface area contributed by atoms with Crippen LogP contribution in [0.5, 0.6) is 0 Å². The van der Waals surface area contributed by atoms with Gasteiger partial charge in [0.15, 0.2) is 11.4 Å². The first-order valence-corrected chi connectivity index (χ1v) is 14.0. The van der Waals surface area contributed by atoms with Crippen molar-refractivity contribution in [2.75, 3.05) is 0 Å². The molecule has 1 aliphatic carbocycles. The van der Waals surface area contributed by atoms with Crippen LogP contribution in [0.3, 0.4) is 0 Å². The zero-order valence-electron chi connectivity index (χ0n) is 22.9. The Hall–Kier alpha value is -4.90. The van der Waals surface area contributed by atoms with Crippen molar-refractivity contribution in [2.24, 2.45) is 5.92 Å². The quantitative estimate of drug-likeness (QED) is 0.204. The number of fused-ring (bicyclic) bond motifs is 1. The molecule has 41 heavy (non-hydrogen) atoms. The lowest BCUT2D eigenvalue weighted by atomic mass is 9.95. The van der Waals surface area contributed by atoms with Crippen molar-refractivity contribution in [2.45, 2.75) is 51.0 Å². The molecule has 0 aliphatic heterocycles. The van der Waals surface area contributed by atoms with Crippen LogP contribution < -0.4 is 0 Å². The maximum atomic E-state index is 13.7. The van der Waals surface area contributed by atoms with Crippen molar-refractivity contribution < 1.29 is 9.59 Å². The van der Waals surface area contributed by atoms with Crippen molar-refractivity contribution >= 4 is 22.7 Å². The summed E-state index contributed by atoms with van der Waals surface area (Å²) in [4.78, 5) is 35.7.